The predicted molar refractivity (Wildman–Crippen MR) is 95.2 cm³/mol. The summed E-state index contributed by atoms with van der Waals surface area (Å²) in [6.07, 6.45) is 5.83. The molecule has 0 saturated carbocycles. The molecule has 0 spiro atoms. The molecule has 5 rings (SSSR count). The van der Waals surface area contributed by atoms with Gasteiger partial charge in [-0.2, -0.15) is 4.98 Å². The molecule has 6 nitrogen and oxygen atoms in total. The monoisotopic (exact) mass is 349 g/mol. The molecule has 0 radical (unpaired) electrons. The fourth-order valence-corrected chi connectivity index (χ4v) is 4.30. The van der Waals surface area contributed by atoms with E-state index in [0.717, 1.165) is 34.6 Å². The third-order valence-electron chi connectivity index (χ3n) is 4.60. The zero-order valence-electron chi connectivity index (χ0n) is 13.3. The van der Waals surface area contributed by atoms with Gasteiger partial charge in [-0.15, -0.1) is 16.4 Å². The number of pyridine rings is 1. The van der Waals surface area contributed by atoms with Gasteiger partial charge in [0.05, 0.1) is 0 Å². The quantitative estimate of drug-likeness (QED) is 0.767. The third kappa shape index (κ3) is 2.31. The Hall–Kier alpha value is -2.80. The molecule has 0 amide bonds. The van der Waals surface area contributed by atoms with Crippen LogP contribution in [0.2, 0.25) is 0 Å². The summed E-state index contributed by atoms with van der Waals surface area (Å²) >= 11 is 1.64. The van der Waals surface area contributed by atoms with Crippen molar-refractivity contribution >= 4 is 23.1 Å². The van der Waals surface area contributed by atoms with Gasteiger partial charge in [0.15, 0.2) is 11.6 Å². The van der Waals surface area contributed by atoms with E-state index in [9.17, 15) is 4.79 Å². The number of aromatic nitrogens is 4. The molecule has 1 unspecified atom stereocenters. The van der Waals surface area contributed by atoms with Crippen LogP contribution in [0.25, 0.3) is 11.4 Å². The Labute approximate surface area is 148 Å². The van der Waals surface area contributed by atoms with Crippen molar-refractivity contribution in [1.29, 1.82) is 0 Å². The van der Waals surface area contributed by atoms with Crippen LogP contribution in [-0.4, -0.2) is 25.5 Å². The van der Waals surface area contributed by atoms with Gasteiger partial charge in [-0.25, -0.2) is 4.68 Å². The van der Waals surface area contributed by atoms with Gasteiger partial charge in [0.1, 0.15) is 6.04 Å². The Bertz CT molecular complexity index is 974. The van der Waals surface area contributed by atoms with Gasteiger partial charge in [0.25, 0.3) is 0 Å². The predicted octanol–water partition coefficient (Wildman–Crippen LogP) is 3.42. The van der Waals surface area contributed by atoms with Crippen LogP contribution in [-0.2, 0) is 4.79 Å². The summed E-state index contributed by atoms with van der Waals surface area (Å²) in [6.45, 7) is 0. The standard InChI is InChI=1S/C18H15N5OS/c24-13-6-1-5-12-15(13)16(14-7-3-9-25-14)23-18(20-12)21-17(22-23)11-4-2-8-19-10-11/h2-4,7-10,16H,1,5-6H2,(H,20,21,22). The summed E-state index contributed by atoms with van der Waals surface area (Å²) in [4.78, 5) is 22.6. The molecule has 124 valence electrons. The average Bonchev–Trinajstić information content (AvgIpc) is 3.30. The van der Waals surface area contributed by atoms with Crippen molar-refractivity contribution in [2.75, 3.05) is 5.32 Å². The highest BCUT2D eigenvalue weighted by Crippen LogP contribution is 2.41. The van der Waals surface area contributed by atoms with Gasteiger partial charge in [0, 0.05) is 40.5 Å². The van der Waals surface area contributed by atoms with Crippen LogP contribution in [0.1, 0.15) is 30.2 Å². The minimum absolute atomic E-state index is 0.197. The number of carbonyl (C=O) groups excluding carboxylic acids is 1. The van der Waals surface area contributed by atoms with E-state index in [1.807, 2.05) is 28.3 Å². The maximum Gasteiger partial charge on any atom is 0.226 e. The molecule has 3 aromatic heterocycles. The molecule has 3 aromatic rings. The first-order valence-corrected chi connectivity index (χ1v) is 9.13. The molecule has 1 aliphatic heterocycles. The van der Waals surface area contributed by atoms with E-state index in [4.69, 9.17) is 5.10 Å². The lowest BCUT2D eigenvalue weighted by Crippen LogP contribution is -2.31. The first-order valence-electron chi connectivity index (χ1n) is 8.25. The maximum absolute atomic E-state index is 12.7. The van der Waals surface area contributed by atoms with Crippen LogP contribution in [0.4, 0.5) is 5.95 Å². The number of ketones is 1. The van der Waals surface area contributed by atoms with E-state index in [2.05, 4.69) is 21.4 Å². The molecule has 7 heteroatoms. The highest BCUT2D eigenvalue weighted by Gasteiger charge is 2.37. The number of thiophene rings is 1. The first-order chi connectivity index (χ1) is 12.3. The number of allylic oxidation sites excluding steroid dienone is 2. The Balaban J connectivity index is 1.68. The first kappa shape index (κ1) is 14.5. The van der Waals surface area contributed by atoms with E-state index < -0.39 is 0 Å². The fraction of sp³-hybridized carbons (Fsp3) is 0.222. The molecular weight excluding hydrogens is 334 g/mol. The zero-order chi connectivity index (χ0) is 16.8. The number of carbonyl (C=O) groups is 1. The molecule has 0 aromatic carbocycles. The van der Waals surface area contributed by atoms with Crippen LogP contribution < -0.4 is 5.32 Å². The second-order valence-corrected chi connectivity index (χ2v) is 7.14. The van der Waals surface area contributed by atoms with E-state index in [1.165, 1.54) is 0 Å². The van der Waals surface area contributed by atoms with Crippen LogP contribution >= 0.6 is 11.3 Å². The number of hydrogen-bond donors (Lipinski definition) is 1. The minimum Gasteiger partial charge on any atom is -0.328 e. The van der Waals surface area contributed by atoms with Crippen molar-refractivity contribution in [3.05, 3.63) is 58.2 Å². The summed E-state index contributed by atoms with van der Waals surface area (Å²) in [5.41, 5.74) is 2.69. The maximum atomic E-state index is 12.7. The number of nitrogens with one attached hydrogen (secondary N) is 1. The van der Waals surface area contributed by atoms with E-state index in [-0.39, 0.29) is 11.8 Å². The molecular formula is C18H15N5OS. The van der Waals surface area contributed by atoms with Gasteiger partial charge in [0.2, 0.25) is 5.95 Å². The molecule has 0 bridgehead atoms. The summed E-state index contributed by atoms with van der Waals surface area (Å²) in [5, 5.41) is 10.1. The second kappa shape index (κ2) is 5.63. The highest BCUT2D eigenvalue weighted by molar-refractivity contribution is 7.10. The summed E-state index contributed by atoms with van der Waals surface area (Å²) in [6, 6.07) is 7.67. The van der Waals surface area contributed by atoms with Crippen LogP contribution in [0.15, 0.2) is 53.3 Å². The van der Waals surface area contributed by atoms with Crippen molar-refractivity contribution in [1.82, 2.24) is 19.7 Å². The number of Topliss-reactive ketones (excluding diaryl/α,β-unsaturated/α-hetero) is 1. The number of fused-ring (bicyclic) bond motifs is 1. The lowest BCUT2D eigenvalue weighted by molar-refractivity contribution is -0.116. The number of rotatable bonds is 2. The molecule has 2 aliphatic rings. The van der Waals surface area contributed by atoms with E-state index in [0.29, 0.717) is 18.2 Å². The van der Waals surface area contributed by atoms with Gasteiger partial charge in [-0.1, -0.05) is 6.07 Å². The molecule has 1 N–H and O–H groups in total. The molecule has 0 fully saturated rings. The Morgan fingerprint density at radius 3 is 3.00 bits per heavy atom. The van der Waals surface area contributed by atoms with E-state index >= 15 is 0 Å². The van der Waals surface area contributed by atoms with Crippen LogP contribution in [0.5, 0.6) is 0 Å². The number of anilines is 1. The highest BCUT2D eigenvalue weighted by atomic mass is 32.1. The normalized spacial score (nSPS) is 19.4. The third-order valence-corrected chi connectivity index (χ3v) is 5.53. The Morgan fingerprint density at radius 1 is 1.24 bits per heavy atom. The van der Waals surface area contributed by atoms with Crippen molar-refractivity contribution in [2.24, 2.45) is 0 Å². The van der Waals surface area contributed by atoms with Crippen LogP contribution in [0, 0.1) is 0 Å². The second-order valence-electron chi connectivity index (χ2n) is 6.16. The molecule has 1 atom stereocenters. The van der Waals surface area contributed by atoms with Crippen LogP contribution in [0.3, 0.4) is 0 Å². The van der Waals surface area contributed by atoms with Gasteiger partial charge < -0.3 is 5.32 Å². The Morgan fingerprint density at radius 2 is 2.20 bits per heavy atom. The summed E-state index contributed by atoms with van der Waals surface area (Å²) in [7, 11) is 0. The summed E-state index contributed by atoms with van der Waals surface area (Å²) < 4.78 is 1.84. The van der Waals surface area contributed by atoms with E-state index in [1.54, 1.807) is 23.7 Å². The van der Waals surface area contributed by atoms with Crippen molar-refractivity contribution < 1.29 is 4.79 Å². The molecule has 25 heavy (non-hydrogen) atoms. The minimum atomic E-state index is -0.197. The molecule has 1 aliphatic carbocycles. The zero-order valence-corrected chi connectivity index (χ0v) is 14.2. The smallest absolute Gasteiger partial charge is 0.226 e. The summed E-state index contributed by atoms with van der Waals surface area (Å²) in [5.74, 6) is 1.51. The topological polar surface area (TPSA) is 72.7 Å². The lowest BCUT2D eigenvalue weighted by atomic mass is 9.88. The van der Waals surface area contributed by atoms with Gasteiger partial charge >= 0.3 is 0 Å². The SMILES string of the molecule is O=C1CCCC2=C1C(c1cccs1)n1nc(-c3cccnc3)nc1N2. The molecule has 0 saturated heterocycles. The lowest BCUT2D eigenvalue weighted by Gasteiger charge is -2.31. The van der Waals surface area contributed by atoms with Gasteiger partial charge in [-0.05, 0) is 36.4 Å². The largest absolute Gasteiger partial charge is 0.328 e. The number of hydrogen-bond acceptors (Lipinski definition) is 6. The Kier molecular flexibility index (Phi) is 3.27. The average molecular weight is 349 g/mol. The number of nitrogens with zero attached hydrogens (tertiary/aromatic N) is 4. The molecule has 4 heterocycles. The van der Waals surface area contributed by atoms with Crippen molar-refractivity contribution in [3.63, 3.8) is 0 Å². The van der Waals surface area contributed by atoms with Gasteiger partial charge in [-0.3, -0.25) is 9.78 Å². The fourth-order valence-electron chi connectivity index (χ4n) is 3.48. The van der Waals surface area contributed by atoms with Crippen molar-refractivity contribution in [2.45, 2.75) is 25.3 Å². The van der Waals surface area contributed by atoms with Crippen molar-refractivity contribution in [3.8, 4) is 11.4 Å².